The second-order valence-corrected chi connectivity index (χ2v) is 6.60. The number of hydrogen-bond donors (Lipinski definition) is 0. The second-order valence-electron chi connectivity index (χ2n) is 6.60. The average molecular weight is 310 g/mol. The van der Waals surface area contributed by atoms with Crippen LogP contribution in [0.2, 0.25) is 0 Å². The second kappa shape index (κ2) is 4.30. The van der Waals surface area contributed by atoms with Gasteiger partial charge in [0, 0.05) is 21.5 Å². The first-order chi connectivity index (χ1) is 11.6. The quantitative estimate of drug-likeness (QED) is 0.311. The Kier molecular flexibility index (Phi) is 2.41. The van der Waals surface area contributed by atoms with E-state index in [0.29, 0.717) is 0 Å². The lowest BCUT2D eigenvalue weighted by Gasteiger charge is -2.14. The molecule has 24 heavy (non-hydrogen) atoms. The van der Waals surface area contributed by atoms with Gasteiger partial charge in [-0.2, -0.15) is 0 Å². The van der Waals surface area contributed by atoms with Crippen LogP contribution in [0.25, 0.3) is 43.1 Å². The minimum atomic E-state index is 0.0865. The lowest BCUT2D eigenvalue weighted by molar-refractivity contribution is 1.44. The van der Waals surface area contributed by atoms with Crippen molar-refractivity contribution in [2.75, 3.05) is 0 Å². The Bertz CT molecular complexity index is 1290. The number of rotatable bonds is 0. The summed E-state index contributed by atoms with van der Waals surface area (Å²) < 4.78 is 0. The first kappa shape index (κ1) is 13.4. The molecule has 114 valence electrons. The van der Waals surface area contributed by atoms with Crippen LogP contribution in [0.4, 0.5) is 0 Å². The molecule has 5 rings (SSSR count). The third-order valence-electron chi connectivity index (χ3n) is 5.18. The standard InChI is InChI=1S/C22H14O2/c1-11-9-17-18-10-12(2)22(24)16-8-4-6-14(20(16)18)13-5-3-7-15(19(13)17)21(11)23/h3-10H,1-2H3. The van der Waals surface area contributed by atoms with Crippen molar-refractivity contribution in [3.63, 3.8) is 0 Å². The molecule has 0 saturated heterocycles. The predicted octanol–water partition coefficient (Wildman–Crippen LogP) is 4.51. The van der Waals surface area contributed by atoms with Gasteiger partial charge in [-0.25, -0.2) is 0 Å². The summed E-state index contributed by atoms with van der Waals surface area (Å²) in [6.45, 7) is 3.72. The van der Waals surface area contributed by atoms with Crippen LogP contribution in [0.3, 0.4) is 0 Å². The molecule has 0 amide bonds. The lowest BCUT2D eigenvalue weighted by Crippen LogP contribution is -2.08. The summed E-state index contributed by atoms with van der Waals surface area (Å²) in [5.41, 5.74) is 1.66. The zero-order chi connectivity index (χ0) is 16.6. The van der Waals surface area contributed by atoms with Gasteiger partial charge >= 0.3 is 0 Å². The van der Waals surface area contributed by atoms with E-state index in [2.05, 4.69) is 0 Å². The van der Waals surface area contributed by atoms with Gasteiger partial charge in [0.2, 0.25) is 0 Å². The van der Waals surface area contributed by atoms with E-state index in [9.17, 15) is 9.59 Å². The molecule has 0 atom stereocenters. The van der Waals surface area contributed by atoms with Crippen LogP contribution in [0.5, 0.6) is 0 Å². The summed E-state index contributed by atoms with van der Waals surface area (Å²) in [6, 6.07) is 15.7. The molecule has 5 aromatic rings. The van der Waals surface area contributed by atoms with Crippen molar-refractivity contribution in [2.24, 2.45) is 0 Å². The van der Waals surface area contributed by atoms with E-state index in [1.54, 1.807) is 0 Å². The summed E-state index contributed by atoms with van der Waals surface area (Å²) in [4.78, 5) is 25.2. The highest BCUT2D eigenvalue weighted by Gasteiger charge is 2.16. The molecule has 0 bridgehead atoms. The molecule has 0 aliphatic carbocycles. The van der Waals surface area contributed by atoms with E-state index < -0.39 is 0 Å². The van der Waals surface area contributed by atoms with Gasteiger partial charge in [0.05, 0.1) is 0 Å². The van der Waals surface area contributed by atoms with Crippen molar-refractivity contribution in [2.45, 2.75) is 13.8 Å². The Hall–Kier alpha value is -3.00. The van der Waals surface area contributed by atoms with Crippen molar-refractivity contribution in [1.82, 2.24) is 0 Å². The molecule has 0 fully saturated rings. The minimum Gasteiger partial charge on any atom is -0.289 e. The molecule has 2 nitrogen and oxygen atoms in total. The zero-order valence-corrected chi connectivity index (χ0v) is 13.4. The van der Waals surface area contributed by atoms with Crippen LogP contribution in [0, 0.1) is 13.8 Å². The van der Waals surface area contributed by atoms with Gasteiger partial charge in [-0.15, -0.1) is 0 Å². The zero-order valence-electron chi connectivity index (χ0n) is 13.4. The highest BCUT2D eigenvalue weighted by Crippen LogP contribution is 2.38. The number of benzene rings is 5. The Morgan fingerprint density at radius 1 is 0.542 bits per heavy atom. The van der Waals surface area contributed by atoms with Gasteiger partial charge in [-0.3, -0.25) is 9.59 Å². The first-order valence-corrected chi connectivity index (χ1v) is 8.05. The summed E-state index contributed by atoms with van der Waals surface area (Å²) >= 11 is 0. The molecule has 0 N–H and O–H groups in total. The summed E-state index contributed by atoms with van der Waals surface area (Å²) in [5.74, 6) is 0. The number of fused-ring (bicyclic) bond motifs is 2. The Balaban J connectivity index is 2.32. The third kappa shape index (κ3) is 1.46. The molecule has 0 saturated carbocycles. The van der Waals surface area contributed by atoms with E-state index in [1.807, 2.05) is 62.4 Å². The maximum absolute atomic E-state index is 12.6. The van der Waals surface area contributed by atoms with Crippen molar-refractivity contribution in [3.8, 4) is 0 Å². The van der Waals surface area contributed by atoms with E-state index in [-0.39, 0.29) is 10.9 Å². The Labute approximate surface area is 137 Å². The van der Waals surface area contributed by atoms with E-state index in [4.69, 9.17) is 0 Å². The van der Waals surface area contributed by atoms with Crippen LogP contribution >= 0.6 is 0 Å². The fraction of sp³-hybridized carbons (Fsp3) is 0.0909. The molecule has 0 aliphatic heterocycles. The molecule has 0 aromatic heterocycles. The molecular formula is C22H14O2. The van der Waals surface area contributed by atoms with Gasteiger partial charge in [0.25, 0.3) is 0 Å². The maximum atomic E-state index is 12.6. The van der Waals surface area contributed by atoms with Crippen LogP contribution in [0.15, 0.2) is 58.1 Å². The molecule has 0 aliphatic rings. The average Bonchev–Trinajstić information content (AvgIpc) is 2.60. The van der Waals surface area contributed by atoms with Crippen LogP contribution in [0.1, 0.15) is 11.1 Å². The normalized spacial score (nSPS) is 12.1. The summed E-state index contributed by atoms with van der Waals surface area (Å²) in [5, 5.41) is 7.73. The van der Waals surface area contributed by atoms with Gasteiger partial charge in [0.1, 0.15) is 0 Å². The highest BCUT2D eigenvalue weighted by molar-refractivity contribution is 6.32. The predicted molar refractivity (Wildman–Crippen MR) is 101 cm³/mol. The maximum Gasteiger partial charge on any atom is 0.189 e. The van der Waals surface area contributed by atoms with Crippen LogP contribution in [-0.2, 0) is 0 Å². The van der Waals surface area contributed by atoms with Crippen molar-refractivity contribution < 1.29 is 0 Å². The van der Waals surface area contributed by atoms with E-state index >= 15 is 0 Å². The van der Waals surface area contributed by atoms with E-state index in [1.165, 1.54) is 0 Å². The summed E-state index contributed by atoms with van der Waals surface area (Å²) in [6.07, 6.45) is 0. The van der Waals surface area contributed by atoms with Crippen LogP contribution < -0.4 is 10.9 Å². The van der Waals surface area contributed by atoms with Crippen molar-refractivity contribution >= 4 is 43.1 Å². The monoisotopic (exact) mass is 310 g/mol. The fourth-order valence-corrected chi connectivity index (χ4v) is 4.07. The fourth-order valence-electron chi connectivity index (χ4n) is 4.07. The minimum absolute atomic E-state index is 0.0865. The lowest BCUT2D eigenvalue weighted by atomic mass is 9.88. The third-order valence-corrected chi connectivity index (χ3v) is 5.18. The van der Waals surface area contributed by atoms with Crippen LogP contribution in [-0.4, -0.2) is 0 Å². The summed E-state index contributed by atoms with van der Waals surface area (Å²) in [7, 11) is 0. The topological polar surface area (TPSA) is 34.1 Å². The van der Waals surface area contributed by atoms with Crippen molar-refractivity contribution in [3.05, 3.63) is 80.1 Å². The molecule has 0 spiro atoms. The number of aryl methyl sites for hydroxylation is 2. The molecule has 0 unspecified atom stereocenters. The SMILES string of the molecule is Cc1cc2c3cc(C)c(=O)c4cccc(c5cccc(c1=O)c52)c43. The Morgan fingerprint density at radius 3 is 1.33 bits per heavy atom. The highest BCUT2D eigenvalue weighted by atomic mass is 16.1. The number of hydrogen-bond acceptors (Lipinski definition) is 2. The largest absolute Gasteiger partial charge is 0.289 e. The van der Waals surface area contributed by atoms with E-state index in [0.717, 1.165) is 54.2 Å². The first-order valence-electron chi connectivity index (χ1n) is 8.05. The van der Waals surface area contributed by atoms with Gasteiger partial charge in [-0.1, -0.05) is 36.4 Å². The molecule has 0 radical (unpaired) electrons. The van der Waals surface area contributed by atoms with Gasteiger partial charge in [-0.05, 0) is 58.7 Å². The van der Waals surface area contributed by atoms with Gasteiger partial charge in [0.15, 0.2) is 10.9 Å². The smallest absolute Gasteiger partial charge is 0.189 e. The molecule has 0 heterocycles. The molecule has 5 aromatic carbocycles. The molecular weight excluding hydrogens is 296 g/mol. The van der Waals surface area contributed by atoms with Crippen molar-refractivity contribution in [1.29, 1.82) is 0 Å². The Morgan fingerprint density at radius 2 is 0.917 bits per heavy atom. The molecule has 2 heteroatoms. The van der Waals surface area contributed by atoms with Gasteiger partial charge < -0.3 is 0 Å².